The molecule has 0 saturated carbocycles. The first-order chi connectivity index (χ1) is 8.15. The van der Waals surface area contributed by atoms with Crippen LogP contribution in [0.15, 0.2) is 30.6 Å². The smallest absolute Gasteiger partial charge is 0.151 e. The third kappa shape index (κ3) is 2.00. The van der Waals surface area contributed by atoms with Gasteiger partial charge in [-0.3, -0.25) is 9.78 Å². The van der Waals surface area contributed by atoms with Gasteiger partial charge in [0.05, 0.1) is 6.04 Å². The first kappa shape index (κ1) is 11.6. The van der Waals surface area contributed by atoms with Gasteiger partial charge in [0, 0.05) is 29.3 Å². The Morgan fingerprint density at radius 1 is 1.29 bits per heavy atom. The summed E-state index contributed by atoms with van der Waals surface area (Å²) in [5.41, 5.74) is 4.08. The highest BCUT2D eigenvalue weighted by Gasteiger charge is 2.14. The Morgan fingerprint density at radius 3 is 2.47 bits per heavy atom. The summed E-state index contributed by atoms with van der Waals surface area (Å²) in [7, 11) is 0. The van der Waals surface area contributed by atoms with Gasteiger partial charge in [-0.15, -0.1) is 0 Å². The van der Waals surface area contributed by atoms with Gasteiger partial charge in [-0.1, -0.05) is 0 Å². The number of pyridine rings is 1. The van der Waals surface area contributed by atoms with Gasteiger partial charge in [0.2, 0.25) is 0 Å². The van der Waals surface area contributed by atoms with Gasteiger partial charge in [0.1, 0.15) is 0 Å². The number of rotatable bonds is 3. The van der Waals surface area contributed by atoms with E-state index < -0.39 is 0 Å². The fraction of sp³-hybridized carbons (Fsp3) is 0.286. The Kier molecular flexibility index (Phi) is 3.09. The van der Waals surface area contributed by atoms with Gasteiger partial charge >= 0.3 is 0 Å². The molecule has 0 aliphatic carbocycles. The second kappa shape index (κ2) is 4.53. The van der Waals surface area contributed by atoms with E-state index in [1.54, 1.807) is 12.4 Å². The zero-order valence-corrected chi connectivity index (χ0v) is 10.3. The molecule has 2 heterocycles. The van der Waals surface area contributed by atoms with Crippen molar-refractivity contribution in [1.82, 2.24) is 9.55 Å². The van der Waals surface area contributed by atoms with Crippen molar-refractivity contribution in [3.8, 4) is 0 Å². The lowest BCUT2D eigenvalue weighted by atomic mass is 10.1. The van der Waals surface area contributed by atoms with Crippen LogP contribution in [0.5, 0.6) is 0 Å². The van der Waals surface area contributed by atoms with Crippen LogP contribution >= 0.6 is 0 Å². The molecule has 1 atom stereocenters. The Hall–Kier alpha value is -1.90. The van der Waals surface area contributed by atoms with Crippen molar-refractivity contribution in [3.05, 3.63) is 53.1 Å². The maximum absolute atomic E-state index is 10.9. The molecule has 0 fully saturated rings. The van der Waals surface area contributed by atoms with Crippen molar-refractivity contribution in [3.63, 3.8) is 0 Å². The van der Waals surface area contributed by atoms with Gasteiger partial charge in [-0.05, 0) is 44.5 Å². The predicted molar refractivity (Wildman–Crippen MR) is 67.3 cm³/mol. The summed E-state index contributed by atoms with van der Waals surface area (Å²) in [4.78, 5) is 15.0. The number of carbonyl (C=O) groups is 1. The van der Waals surface area contributed by atoms with Crippen LogP contribution in [-0.4, -0.2) is 15.8 Å². The van der Waals surface area contributed by atoms with E-state index in [2.05, 4.69) is 16.5 Å². The zero-order valence-electron chi connectivity index (χ0n) is 10.3. The summed E-state index contributed by atoms with van der Waals surface area (Å²) in [6.45, 7) is 6.13. The van der Waals surface area contributed by atoms with Crippen LogP contribution in [0.2, 0.25) is 0 Å². The normalized spacial score (nSPS) is 12.4. The molecular formula is C14H16N2O. The third-order valence-corrected chi connectivity index (χ3v) is 3.23. The molecule has 0 N–H and O–H groups in total. The molecule has 1 unspecified atom stereocenters. The lowest BCUT2D eigenvalue weighted by molar-refractivity contribution is 0.112. The molecule has 0 bridgehead atoms. The second-order valence-corrected chi connectivity index (χ2v) is 4.27. The van der Waals surface area contributed by atoms with E-state index in [1.807, 2.05) is 32.0 Å². The van der Waals surface area contributed by atoms with Gasteiger partial charge in [0.25, 0.3) is 0 Å². The molecule has 0 amide bonds. The molecule has 88 valence electrons. The van der Waals surface area contributed by atoms with Crippen molar-refractivity contribution >= 4 is 6.29 Å². The van der Waals surface area contributed by atoms with E-state index in [9.17, 15) is 4.79 Å². The minimum Gasteiger partial charge on any atom is -0.341 e. The van der Waals surface area contributed by atoms with Crippen LogP contribution in [0.1, 0.15) is 40.3 Å². The molecule has 0 aliphatic rings. The second-order valence-electron chi connectivity index (χ2n) is 4.27. The molecule has 0 radical (unpaired) electrons. The molecular weight excluding hydrogens is 212 g/mol. The molecule has 2 aromatic rings. The quantitative estimate of drug-likeness (QED) is 0.757. The van der Waals surface area contributed by atoms with Crippen LogP contribution in [0.4, 0.5) is 0 Å². The number of carbonyl (C=O) groups excluding carboxylic acids is 1. The number of aromatic nitrogens is 2. The number of aldehydes is 1. The SMILES string of the molecule is Cc1cc(C=O)c(C)n1C(C)c1ccncc1. The molecule has 3 nitrogen and oxygen atoms in total. The lowest BCUT2D eigenvalue weighted by Crippen LogP contribution is -2.10. The van der Waals surface area contributed by atoms with Crippen molar-refractivity contribution in [2.24, 2.45) is 0 Å². The number of nitrogens with zero attached hydrogens (tertiary/aromatic N) is 2. The lowest BCUT2D eigenvalue weighted by Gasteiger charge is -2.18. The number of hydrogen-bond acceptors (Lipinski definition) is 2. The molecule has 0 saturated heterocycles. The van der Waals surface area contributed by atoms with E-state index in [-0.39, 0.29) is 6.04 Å². The third-order valence-electron chi connectivity index (χ3n) is 3.23. The van der Waals surface area contributed by atoms with Crippen molar-refractivity contribution in [2.45, 2.75) is 26.8 Å². The van der Waals surface area contributed by atoms with E-state index >= 15 is 0 Å². The van der Waals surface area contributed by atoms with Crippen LogP contribution in [0.3, 0.4) is 0 Å². The molecule has 0 spiro atoms. The first-order valence-electron chi connectivity index (χ1n) is 5.68. The Labute approximate surface area is 101 Å². The van der Waals surface area contributed by atoms with E-state index in [1.165, 1.54) is 5.56 Å². The first-order valence-corrected chi connectivity index (χ1v) is 5.68. The molecule has 0 aromatic carbocycles. The van der Waals surface area contributed by atoms with E-state index in [0.717, 1.165) is 23.2 Å². The monoisotopic (exact) mass is 228 g/mol. The predicted octanol–water partition coefficient (Wildman–Crippen LogP) is 2.92. The molecule has 17 heavy (non-hydrogen) atoms. The molecule has 2 aromatic heterocycles. The molecule has 0 aliphatic heterocycles. The molecule has 2 rings (SSSR count). The van der Waals surface area contributed by atoms with Crippen molar-refractivity contribution in [2.75, 3.05) is 0 Å². The summed E-state index contributed by atoms with van der Waals surface area (Å²) in [5.74, 6) is 0. The largest absolute Gasteiger partial charge is 0.341 e. The van der Waals surface area contributed by atoms with Gasteiger partial charge in [0.15, 0.2) is 6.29 Å². The summed E-state index contributed by atoms with van der Waals surface area (Å²) in [6, 6.07) is 6.15. The maximum Gasteiger partial charge on any atom is 0.151 e. The van der Waals surface area contributed by atoms with Gasteiger partial charge in [-0.2, -0.15) is 0 Å². The number of hydrogen-bond donors (Lipinski definition) is 0. The van der Waals surface area contributed by atoms with Gasteiger partial charge < -0.3 is 4.57 Å². The minimum absolute atomic E-state index is 0.215. The van der Waals surface area contributed by atoms with E-state index in [0.29, 0.717) is 0 Å². The average Bonchev–Trinajstić information content (AvgIpc) is 2.64. The van der Waals surface area contributed by atoms with Crippen LogP contribution in [0, 0.1) is 13.8 Å². The number of aryl methyl sites for hydroxylation is 1. The summed E-state index contributed by atoms with van der Waals surface area (Å²) < 4.78 is 2.18. The van der Waals surface area contributed by atoms with Crippen molar-refractivity contribution in [1.29, 1.82) is 0 Å². The Morgan fingerprint density at radius 2 is 1.94 bits per heavy atom. The van der Waals surface area contributed by atoms with Gasteiger partial charge in [-0.25, -0.2) is 0 Å². The Bertz CT molecular complexity index is 529. The molecule has 3 heteroatoms. The van der Waals surface area contributed by atoms with Crippen LogP contribution < -0.4 is 0 Å². The minimum atomic E-state index is 0.215. The highest BCUT2D eigenvalue weighted by molar-refractivity contribution is 5.77. The standard InChI is InChI=1S/C14H16N2O/c1-10-8-14(9-17)12(3)16(10)11(2)13-4-6-15-7-5-13/h4-9,11H,1-3H3. The Balaban J connectivity index is 2.47. The summed E-state index contributed by atoms with van der Waals surface area (Å²) in [5, 5.41) is 0. The van der Waals surface area contributed by atoms with E-state index in [4.69, 9.17) is 0 Å². The summed E-state index contributed by atoms with van der Waals surface area (Å²) in [6.07, 6.45) is 4.50. The van der Waals surface area contributed by atoms with Crippen LogP contribution in [-0.2, 0) is 0 Å². The average molecular weight is 228 g/mol. The highest BCUT2D eigenvalue weighted by Crippen LogP contribution is 2.24. The van der Waals surface area contributed by atoms with Crippen LogP contribution in [0.25, 0.3) is 0 Å². The fourth-order valence-electron chi connectivity index (χ4n) is 2.31. The highest BCUT2D eigenvalue weighted by atomic mass is 16.1. The maximum atomic E-state index is 10.9. The fourth-order valence-corrected chi connectivity index (χ4v) is 2.31. The zero-order chi connectivity index (χ0) is 12.4. The van der Waals surface area contributed by atoms with Crippen molar-refractivity contribution < 1.29 is 4.79 Å². The summed E-state index contributed by atoms with van der Waals surface area (Å²) >= 11 is 0. The topological polar surface area (TPSA) is 34.9 Å².